The van der Waals surface area contributed by atoms with Crippen molar-refractivity contribution in [1.82, 2.24) is 15.0 Å². The van der Waals surface area contributed by atoms with E-state index in [0.717, 1.165) is 29.7 Å². The van der Waals surface area contributed by atoms with Gasteiger partial charge in [-0.25, -0.2) is 9.97 Å². The smallest absolute Gasteiger partial charge is 0.134 e. The molecule has 0 spiro atoms. The Morgan fingerprint density at radius 3 is 2.54 bits per heavy atom. The molecule has 0 unspecified atom stereocenters. The van der Waals surface area contributed by atoms with Crippen LogP contribution in [0.15, 0.2) is 60.8 Å². The Kier molecular flexibility index (Phi) is 5.01. The second kappa shape index (κ2) is 7.55. The maximum absolute atomic E-state index is 4.54. The minimum absolute atomic E-state index is 0.638. The van der Waals surface area contributed by atoms with Crippen molar-refractivity contribution in [3.05, 3.63) is 77.9 Å². The number of hydrogen-bond acceptors (Lipinski definition) is 5. The molecular formula is C19H21N5. The van der Waals surface area contributed by atoms with Gasteiger partial charge in [-0.3, -0.25) is 4.98 Å². The van der Waals surface area contributed by atoms with Crippen LogP contribution in [0.1, 0.15) is 17.1 Å². The van der Waals surface area contributed by atoms with E-state index in [4.69, 9.17) is 0 Å². The van der Waals surface area contributed by atoms with Crippen LogP contribution in [0.3, 0.4) is 0 Å². The summed E-state index contributed by atoms with van der Waals surface area (Å²) in [5.74, 6) is 2.45. The molecule has 0 fully saturated rings. The number of anilines is 2. The number of rotatable bonds is 6. The van der Waals surface area contributed by atoms with Crippen molar-refractivity contribution in [1.29, 1.82) is 0 Å². The highest BCUT2D eigenvalue weighted by Gasteiger charge is 2.07. The summed E-state index contributed by atoms with van der Waals surface area (Å²) in [6.07, 6.45) is 1.79. The van der Waals surface area contributed by atoms with E-state index < -0.39 is 0 Å². The van der Waals surface area contributed by atoms with E-state index >= 15 is 0 Å². The van der Waals surface area contributed by atoms with Crippen LogP contribution in [-0.2, 0) is 13.1 Å². The number of hydrogen-bond donors (Lipinski definition) is 1. The van der Waals surface area contributed by atoms with Crippen LogP contribution in [0.5, 0.6) is 0 Å². The summed E-state index contributed by atoms with van der Waals surface area (Å²) in [6.45, 7) is 3.35. The molecule has 5 heteroatoms. The Balaban J connectivity index is 1.71. The third kappa shape index (κ3) is 4.29. The van der Waals surface area contributed by atoms with E-state index in [1.807, 2.05) is 56.4 Å². The third-order valence-electron chi connectivity index (χ3n) is 3.65. The first kappa shape index (κ1) is 15.9. The maximum atomic E-state index is 4.54. The van der Waals surface area contributed by atoms with Gasteiger partial charge in [0.15, 0.2) is 0 Å². The summed E-state index contributed by atoms with van der Waals surface area (Å²) in [5.41, 5.74) is 2.23. The Morgan fingerprint density at radius 1 is 1.00 bits per heavy atom. The van der Waals surface area contributed by atoms with Crippen molar-refractivity contribution in [2.75, 3.05) is 17.3 Å². The van der Waals surface area contributed by atoms with Crippen LogP contribution in [0.25, 0.3) is 0 Å². The molecule has 5 nitrogen and oxygen atoms in total. The second-order valence-electron chi connectivity index (χ2n) is 5.67. The van der Waals surface area contributed by atoms with E-state index in [2.05, 4.69) is 37.3 Å². The highest BCUT2D eigenvalue weighted by Crippen LogP contribution is 2.17. The van der Waals surface area contributed by atoms with Gasteiger partial charge in [-0.1, -0.05) is 36.4 Å². The minimum atomic E-state index is 0.638. The van der Waals surface area contributed by atoms with Crippen molar-refractivity contribution < 1.29 is 0 Å². The van der Waals surface area contributed by atoms with Gasteiger partial charge >= 0.3 is 0 Å². The number of pyridine rings is 1. The molecular weight excluding hydrogens is 298 g/mol. The van der Waals surface area contributed by atoms with E-state index in [1.165, 1.54) is 5.56 Å². The SMILES string of the molecule is Cc1nc(NCc2ccccn2)cc(N(C)Cc2ccccc2)n1. The Morgan fingerprint density at radius 2 is 1.79 bits per heavy atom. The predicted octanol–water partition coefficient (Wildman–Crippen LogP) is 3.43. The molecule has 3 rings (SSSR count). The second-order valence-corrected chi connectivity index (χ2v) is 5.67. The maximum Gasteiger partial charge on any atom is 0.134 e. The first-order valence-corrected chi connectivity index (χ1v) is 7.95. The van der Waals surface area contributed by atoms with Crippen LogP contribution < -0.4 is 10.2 Å². The summed E-state index contributed by atoms with van der Waals surface area (Å²) in [7, 11) is 2.04. The highest BCUT2D eigenvalue weighted by molar-refractivity contribution is 5.49. The van der Waals surface area contributed by atoms with Gasteiger partial charge in [0.2, 0.25) is 0 Å². The normalized spacial score (nSPS) is 10.4. The molecule has 1 aromatic carbocycles. The molecule has 0 aliphatic carbocycles. The zero-order valence-corrected chi connectivity index (χ0v) is 14.0. The lowest BCUT2D eigenvalue weighted by Crippen LogP contribution is -2.19. The molecule has 0 amide bonds. The van der Waals surface area contributed by atoms with Crippen LogP contribution in [-0.4, -0.2) is 22.0 Å². The average Bonchev–Trinajstić information content (AvgIpc) is 2.61. The molecule has 0 bridgehead atoms. The summed E-state index contributed by atoms with van der Waals surface area (Å²) in [6, 6.07) is 18.2. The molecule has 3 aromatic rings. The molecule has 0 saturated heterocycles. The summed E-state index contributed by atoms with van der Waals surface area (Å²) < 4.78 is 0. The predicted molar refractivity (Wildman–Crippen MR) is 96.9 cm³/mol. The molecule has 24 heavy (non-hydrogen) atoms. The molecule has 0 aliphatic heterocycles. The minimum Gasteiger partial charge on any atom is -0.364 e. The van der Waals surface area contributed by atoms with E-state index in [9.17, 15) is 0 Å². The van der Waals surface area contributed by atoms with E-state index in [1.54, 1.807) is 6.20 Å². The van der Waals surface area contributed by atoms with E-state index in [-0.39, 0.29) is 0 Å². The number of aryl methyl sites for hydroxylation is 1. The lowest BCUT2D eigenvalue weighted by atomic mass is 10.2. The summed E-state index contributed by atoms with van der Waals surface area (Å²) in [5, 5.41) is 3.32. The van der Waals surface area contributed by atoms with Crippen LogP contribution >= 0.6 is 0 Å². The van der Waals surface area contributed by atoms with E-state index in [0.29, 0.717) is 6.54 Å². The number of nitrogens with one attached hydrogen (secondary N) is 1. The largest absolute Gasteiger partial charge is 0.364 e. The first-order valence-electron chi connectivity index (χ1n) is 7.95. The molecule has 0 atom stereocenters. The molecule has 0 radical (unpaired) electrons. The standard InChI is InChI=1S/C19H21N5/c1-15-22-18(21-13-17-10-6-7-11-20-17)12-19(23-15)24(2)14-16-8-4-3-5-9-16/h3-12H,13-14H2,1-2H3,(H,21,22,23). The molecule has 2 aromatic heterocycles. The molecule has 2 heterocycles. The first-order chi connectivity index (χ1) is 11.7. The van der Waals surface area contributed by atoms with Crippen molar-refractivity contribution in [3.63, 3.8) is 0 Å². The molecule has 0 saturated carbocycles. The summed E-state index contributed by atoms with van der Waals surface area (Å²) in [4.78, 5) is 15.4. The fraction of sp³-hybridized carbons (Fsp3) is 0.211. The third-order valence-corrected chi connectivity index (χ3v) is 3.65. The topological polar surface area (TPSA) is 53.9 Å². The van der Waals surface area contributed by atoms with Crippen LogP contribution in [0.4, 0.5) is 11.6 Å². The Labute approximate surface area is 142 Å². The van der Waals surface area contributed by atoms with Crippen molar-refractivity contribution in [2.45, 2.75) is 20.0 Å². The average molecular weight is 319 g/mol. The number of benzene rings is 1. The van der Waals surface area contributed by atoms with Gasteiger partial charge in [-0.2, -0.15) is 0 Å². The summed E-state index contributed by atoms with van der Waals surface area (Å²) >= 11 is 0. The fourth-order valence-electron chi connectivity index (χ4n) is 2.46. The van der Waals surface area contributed by atoms with Gasteiger partial charge in [0.05, 0.1) is 12.2 Å². The quantitative estimate of drug-likeness (QED) is 0.754. The van der Waals surface area contributed by atoms with Crippen molar-refractivity contribution in [2.24, 2.45) is 0 Å². The van der Waals surface area contributed by atoms with Gasteiger partial charge in [0.25, 0.3) is 0 Å². The lowest BCUT2D eigenvalue weighted by molar-refractivity contribution is 0.877. The lowest BCUT2D eigenvalue weighted by Gasteiger charge is -2.19. The molecule has 0 aliphatic rings. The van der Waals surface area contributed by atoms with Gasteiger partial charge in [-0.05, 0) is 24.6 Å². The number of aromatic nitrogens is 3. The van der Waals surface area contributed by atoms with Crippen LogP contribution in [0.2, 0.25) is 0 Å². The highest BCUT2D eigenvalue weighted by atomic mass is 15.2. The zero-order valence-electron chi connectivity index (χ0n) is 14.0. The fourth-order valence-corrected chi connectivity index (χ4v) is 2.46. The Hall–Kier alpha value is -2.95. The van der Waals surface area contributed by atoms with Gasteiger partial charge in [-0.15, -0.1) is 0 Å². The van der Waals surface area contributed by atoms with Crippen molar-refractivity contribution in [3.8, 4) is 0 Å². The van der Waals surface area contributed by atoms with Gasteiger partial charge < -0.3 is 10.2 Å². The monoisotopic (exact) mass is 319 g/mol. The zero-order chi connectivity index (χ0) is 16.8. The van der Waals surface area contributed by atoms with Gasteiger partial charge in [0.1, 0.15) is 17.5 Å². The van der Waals surface area contributed by atoms with Crippen LogP contribution in [0, 0.1) is 6.92 Å². The molecule has 1 N–H and O–H groups in total. The van der Waals surface area contributed by atoms with Crippen molar-refractivity contribution >= 4 is 11.6 Å². The molecule has 122 valence electrons. The Bertz CT molecular complexity index is 774. The van der Waals surface area contributed by atoms with Gasteiger partial charge in [0, 0.05) is 25.9 Å². The number of nitrogens with zero attached hydrogens (tertiary/aromatic N) is 4.